The highest BCUT2D eigenvalue weighted by atomic mass is 16.5. The van der Waals surface area contributed by atoms with E-state index in [9.17, 15) is 0 Å². The molecule has 0 atom stereocenters. The third-order valence-electron chi connectivity index (χ3n) is 2.72. The molecule has 1 aromatic rings. The van der Waals surface area contributed by atoms with Gasteiger partial charge in [-0.05, 0) is 12.1 Å². The predicted molar refractivity (Wildman–Crippen MR) is 62.5 cm³/mol. The molecule has 1 aliphatic rings. The summed E-state index contributed by atoms with van der Waals surface area (Å²) in [6, 6.07) is 5.91. The number of nitrogen functional groups attached to an aromatic ring is 1. The average molecular weight is 207 g/mol. The van der Waals surface area contributed by atoms with Crippen molar-refractivity contribution in [2.45, 2.75) is 0 Å². The van der Waals surface area contributed by atoms with Gasteiger partial charge >= 0.3 is 0 Å². The van der Waals surface area contributed by atoms with Crippen LogP contribution in [0.1, 0.15) is 0 Å². The van der Waals surface area contributed by atoms with Gasteiger partial charge in [0.1, 0.15) is 5.75 Å². The largest absolute Gasteiger partial charge is 0.495 e. The highest BCUT2D eigenvalue weighted by Gasteiger charge is 2.14. The molecule has 1 saturated heterocycles. The van der Waals surface area contributed by atoms with Crippen LogP contribution in [0.15, 0.2) is 18.2 Å². The number of rotatable bonds is 2. The van der Waals surface area contributed by atoms with Gasteiger partial charge in [-0.2, -0.15) is 0 Å². The number of methoxy groups -OCH3 is 1. The number of nitrogens with zero attached hydrogens (tertiary/aromatic N) is 1. The van der Waals surface area contributed by atoms with Crippen LogP contribution in [-0.4, -0.2) is 33.3 Å². The Morgan fingerprint density at radius 2 is 2.07 bits per heavy atom. The molecule has 15 heavy (non-hydrogen) atoms. The maximum Gasteiger partial charge on any atom is 0.143 e. The van der Waals surface area contributed by atoms with Gasteiger partial charge in [-0.3, -0.25) is 0 Å². The Kier molecular flexibility index (Phi) is 2.97. The zero-order valence-electron chi connectivity index (χ0n) is 8.99. The summed E-state index contributed by atoms with van der Waals surface area (Å²) in [6.07, 6.45) is 0. The van der Waals surface area contributed by atoms with Crippen molar-refractivity contribution in [3.8, 4) is 5.75 Å². The van der Waals surface area contributed by atoms with Crippen LogP contribution in [0.5, 0.6) is 5.75 Å². The highest BCUT2D eigenvalue weighted by molar-refractivity contribution is 5.74. The maximum atomic E-state index is 6.04. The number of hydrogen-bond donors (Lipinski definition) is 2. The number of nitrogens with one attached hydrogen (secondary N) is 1. The number of benzene rings is 1. The third-order valence-corrected chi connectivity index (χ3v) is 2.72. The van der Waals surface area contributed by atoms with E-state index in [0.717, 1.165) is 43.3 Å². The number of para-hydroxylation sites is 1. The predicted octanol–water partition coefficient (Wildman–Crippen LogP) is 0.687. The van der Waals surface area contributed by atoms with Crippen LogP contribution in [0.25, 0.3) is 0 Å². The number of nitrogens with two attached hydrogens (primary N) is 1. The molecule has 1 aliphatic heterocycles. The molecule has 1 heterocycles. The number of anilines is 2. The Bertz CT molecular complexity index is 335. The molecule has 0 bridgehead atoms. The fourth-order valence-electron chi connectivity index (χ4n) is 1.89. The number of hydrogen-bond acceptors (Lipinski definition) is 4. The van der Waals surface area contributed by atoms with Crippen LogP contribution in [0.2, 0.25) is 0 Å². The van der Waals surface area contributed by atoms with Gasteiger partial charge in [0, 0.05) is 26.2 Å². The lowest BCUT2D eigenvalue weighted by Crippen LogP contribution is -2.43. The van der Waals surface area contributed by atoms with Gasteiger partial charge in [0.15, 0.2) is 0 Å². The molecular formula is C11H17N3O. The van der Waals surface area contributed by atoms with E-state index in [0.29, 0.717) is 0 Å². The van der Waals surface area contributed by atoms with E-state index >= 15 is 0 Å². The number of piperazine rings is 1. The van der Waals surface area contributed by atoms with Gasteiger partial charge in [-0.15, -0.1) is 0 Å². The summed E-state index contributed by atoms with van der Waals surface area (Å²) in [7, 11) is 1.65. The molecule has 0 radical (unpaired) electrons. The molecule has 2 rings (SSSR count). The first kappa shape index (κ1) is 10.1. The van der Waals surface area contributed by atoms with Crippen molar-refractivity contribution < 1.29 is 4.74 Å². The molecule has 82 valence electrons. The molecule has 1 aromatic carbocycles. The topological polar surface area (TPSA) is 50.5 Å². The minimum absolute atomic E-state index is 0.738. The molecular weight excluding hydrogens is 190 g/mol. The summed E-state index contributed by atoms with van der Waals surface area (Å²) in [6.45, 7) is 4.02. The van der Waals surface area contributed by atoms with E-state index in [1.54, 1.807) is 7.11 Å². The summed E-state index contributed by atoms with van der Waals surface area (Å²) >= 11 is 0. The molecule has 0 spiro atoms. The highest BCUT2D eigenvalue weighted by Crippen LogP contribution is 2.31. The SMILES string of the molecule is COc1cccc(N2CCNCC2)c1N. The Hall–Kier alpha value is -1.42. The van der Waals surface area contributed by atoms with Crippen LogP contribution in [0.4, 0.5) is 11.4 Å². The van der Waals surface area contributed by atoms with E-state index in [2.05, 4.69) is 10.2 Å². The maximum absolute atomic E-state index is 6.04. The van der Waals surface area contributed by atoms with Gasteiger partial charge in [0.05, 0.1) is 18.5 Å². The van der Waals surface area contributed by atoms with Crippen LogP contribution in [0.3, 0.4) is 0 Å². The summed E-state index contributed by atoms with van der Waals surface area (Å²) in [4.78, 5) is 2.29. The summed E-state index contributed by atoms with van der Waals surface area (Å²) in [5, 5.41) is 3.32. The molecule has 3 N–H and O–H groups in total. The van der Waals surface area contributed by atoms with Crippen LogP contribution in [0, 0.1) is 0 Å². The smallest absolute Gasteiger partial charge is 0.143 e. The summed E-state index contributed by atoms with van der Waals surface area (Å²) in [5.41, 5.74) is 7.85. The van der Waals surface area contributed by atoms with E-state index < -0.39 is 0 Å². The van der Waals surface area contributed by atoms with E-state index in [1.165, 1.54) is 0 Å². The minimum atomic E-state index is 0.738. The zero-order chi connectivity index (χ0) is 10.7. The second-order valence-corrected chi connectivity index (χ2v) is 3.63. The van der Waals surface area contributed by atoms with Gasteiger partial charge in [0.25, 0.3) is 0 Å². The van der Waals surface area contributed by atoms with E-state index in [-0.39, 0.29) is 0 Å². The summed E-state index contributed by atoms with van der Waals surface area (Å²) < 4.78 is 5.21. The third kappa shape index (κ3) is 1.99. The standard InChI is InChI=1S/C11H17N3O/c1-15-10-4-2-3-9(11(10)12)14-7-5-13-6-8-14/h2-4,13H,5-8,12H2,1H3. The second kappa shape index (κ2) is 4.40. The minimum Gasteiger partial charge on any atom is -0.495 e. The van der Waals surface area contributed by atoms with Gasteiger partial charge in [-0.1, -0.05) is 6.07 Å². The lowest BCUT2D eigenvalue weighted by Gasteiger charge is -2.30. The molecule has 0 aliphatic carbocycles. The second-order valence-electron chi connectivity index (χ2n) is 3.63. The van der Waals surface area contributed by atoms with Crippen molar-refractivity contribution in [3.05, 3.63) is 18.2 Å². The van der Waals surface area contributed by atoms with Crippen molar-refractivity contribution in [2.24, 2.45) is 0 Å². The zero-order valence-corrected chi connectivity index (χ0v) is 8.99. The lowest BCUT2D eigenvalue weighted by molar-refractivity contribution is 0.417. The van der Waals surface area contributed by atoms with Crippen LogP contribution in [-0.2, 0) is 0 Å². The number of ether oxygens (including phenoxy) is 1. The Labute approximate surface area is 90.0 Å². The molecule has 0 unspecified atom stereocenters. The Balaban J connectivity index is 2.26. The monoisotopic (exact) mass is 207 g/mol. The molecule has 1 fully saturated rings. The normalized spacial score (nSPS) is 16.5. The molecule has 0 amide bonds. The lowest BCUT2D eigenvalue weighted by atomic mass is 10.2. The van der Waals surface area contributed by atoms with Crippen molar-refractivity contribution in [1.82, 2.24) is 5.32 Å². The molecule has 0 aromatic heterocycles. The van der Waals surface area contributed by atoms with Crippen molar-refractivity contribution in [2.75, 3.05) is 43.9 Å². The average Bonchev–Trinajstić information content (AvgIpc) is 2.30. The van der Waals surface area contributed by atoms with Gasteiger partial charge < -0.3 is 20.7 Å². The Morgan fingerprint density at radius 1 is 1.33 bits per heavy atom. The van der Waals surface area contributed by atoms with Crippen LogP contribution < -0.4 is 20.7 Å². The van der Waals surface area contributed by atoms with Gasteiger partial charge in [0.2, 0.25) is 0 Å². The van der Waals surface area contributed by atoms with E-state index in [4.69, 9.17) is 10.5 Å². The van der Waals surface area contributed by atoms with Gasteiger partial charge in [-0.25, -0.2) is 0 Å². The van der Waals surface area contributed by atoms with Crippen molar-refractivity contribution in [1.29, 1.82) is 0 Å². The first-order valence-electron chi connectivity index (χ1n) is 5.21. The van der Waals surface area contributed by atoms with Crippen molar-refractivity contribution in [3.63, 3.8) is 0 Å². The fraction of sp³-hybridized carbons (Fsp3) is 0.455. The summed E-state index contributed by atoms with van der Waals surface area (Å²) in [5.74, 6) is 0.756. The Morgan fingerprint density at radius 3 is 2.73 bits per heavy atom. The first-order chi connectivity index (χ1) is 7.33. The fourth-order valence-corrected chi connectivity index (χ4v) is 1.89. The quantitative estimate of drug-likeness (QED) is 0.700. The van der Waals surface area contributed by atoms with E-state index in [1.807, 2.05) is 18.2 Å². The molecule has 0 saturated carbocycles. The first-order valence-corrected chi connectivity index (χ1v) is 5.21. The van der Waals surface area contributed by atoms with Crippen LogP contribution >= 0.6 is 0 Å². The molecule has 4 heteroatoms. The van der Waals surface area contributed by atoms with Crippen molar-refractivity contribution >= 4 is 11.4 Å². The molecule has 4 nitrogen and oxygen atoms in total.